The Morgan fingerprint density at radius 3 is 1.99 bits per heavy atom. The summed E-state index contributed by atoms with van der Waals surface area (Å²) in [6.45, 7) is 16.7. The average Bonchev–Trinajstić information content (AvgIpc) is 3.64. The molecule has 0 aromatic heterocycles. The summed E-state index contributed by atoms with van der Waals surface area (Å²) in [5, 5.41) is 144. The number of aliphatic hydroxyl groups excluding tert-OH is 13. The highest BCUT2D eigenvalue weighted by atomic mass is 16.7. The number of fused-ring (bicyclic) bond motifs is 5. The van der Waals surface area contributed by atoms with Gasteiger partial charge in [0, 0.05) is 18.9 Å². The third kappa shape index (κ3) is 8.99. The number of rotatable bonds is 12. The molecule has 13 N–H and O–H groups in total. The van der Waals surface area contributed by atoms with Crippen molar-refractivity contribution in [1.82, 2.24) is 0 Å². The highest BCUT2D eigenvalue weighted by molar-refractivity contribution is 5.24. The van der Waals surface area contributed by atoms with E-state index < -0.39 is 162 Å². The molecule has 26 atom stereocenters. The molecule has 5 aliphatic carbocycles. The van der Waals surface area contributed by atoms with Crippen LogP contribution in [0.4, 0.5) is 0 Å². The summed E-state index contributed by atoms with van der Waals surface area (Å²) >= 11 is 0. The molecule has 2 saturated heterocycles. The van der Waals surface area contributed by atoms with Gasteiger partial charge in [0.1, 0.15) is 54.9 Å². The van der Waals surface area contributed by atoms with Gasteiger partial charge in [-0.05, 0) is 116 Å². The second kappa shape index (κ2) is 19.4. The van der Waals surface area contributed by atoms with Gasteiger partial charge in [0.05, 0.1) is 54.6 Å². The monoisotopic (exact) mass is 961 g/mol. The molecule has 7 rings (SSSR count). The van der Waals surface area contributed by atoms with Crippen molar-refractivity contribution in [2.24, 2.45) is 57.2 Å². The first-order chi connectivity index (χ1) is 31.1. The largest absolute Gasteiger partial charge is 0.513 e. The summed E-state index contributed by atoms with van der Waals surface area (Å²) in [6.07, 6.45) is -17.8. The van der Waals surface area contributed by atoms with Gasteiger partial charge in [-0.2, -0.15) is 0 Å². The van der Waals surface area contributed by atoms with E-state index in [0.29, 0.717) is 44.9 Å². The zero-order valence-electron chi connectivity index (χ0n) is 40.8. The van der Waals surface area contributed by atoms with Gasteiger partial charge in [-0.3, -0.25) is 0 Å². The zero-order chi connectivity index (χ0) is 49.7. The van der Waals surface area contributed by atoms with Crippen molar-refractivity contribution in [3.05, 3.63) is 11.8 Å². The SMILES string of the molecule is CC(C)C/C(O)=C\[C@](C)(O[C@@H]1O[C@H](CO)[C@@H](O)[C@H](O)[C@H]1O)[C@@H]1CC[C@]2(C)[C@H]1[C@@H](O)C[C@@H]1[C@]3(C)CC[C@@H](O)C(C)(C)[C@H]3[C@@H](O[C@@H]3C[C@H](CO)[C@@H](O)[C@H](O)[C@H]3O[C@@H]3O[C@@H](C)[C@H](O)[C@@H](O)[C@H]3O)C[C@]12C. The van der Waals surface area contributed by atoms with Crippen LogP contribution in [-0.2, 0) is 23.7 Å². The summed E-state index contributed by atoms with van der Waals surface area (Å²) in [4.78, 5) is 0. The molecule has 0 aromatic rings. The van der Waals surface area contributed by atoms with Crippen molar-refractivity contribution < 1.29 is 90.1 Å². The van der Waals surface area contributed by atoms with Gasteiger partial charge in [-0.1, -0.05) is 48.5 Å². The smallest absolute Gasteiger partial charge is 0.187 e. The van der Waals surface area contributed by atoms with Crippen LogP contribution in [0, 0.1) is 57.2 Å². The third-order valence-electron chi connectivity index (χ3n) is 19.0. The van der Waals surface area contributed by atoms with Gasteiger partial charge in [0.15, 0.2) is 12.6 Å². The number of allylic oxidation sites excluding steroid dienone is 1. The fourth-order valence-corrected chi connectivity index (χ4v) is 15.4. The van der Waals surface area contributed by atoms with E-state index in [2.05, 4.69) is 20.8 Å². The quantitative estimate of drug-likeness (QED) is 0.118. The van der Waals surface area contributed by atoms with Crippen LogP contribution in [0.15, 0.2) is 11.8 Å². The maximum atomic E-state index is 12.8. The lowest BCUT2D eigenvalue weighted by Crippen LogP contribution is -2.71. The predicted molar refractivity (Wildman–Crippen MR) is 238 cm³/mol. The van der Waals surface area contributed by atoms with Gasteiger partial charge in [-0.15, -0.1) is 0 Å². The Bertz CT molecular complexity index is 1730. The number of aliphatic hydroxyl groups is 13. The first-order valence-corrected chi connectivity index (χ1v) is 24.8. The summed E-state index contributed by atoms with van der Waals surface area (Å²) in [6, 6.07) is 0. The van der Waals surface area contributed by atoms with Crippen LogP contribution >= 0.6 is 0 Å². The van der Waals surface area contributed by atoms with Gasteiger partial charge >= 0.3 is 0 Å². The van der Waals surface area contributed by atoms with E-state index in [4.69, 9.17) is 23.7 Å². The normalized spacial score (nSPS) is 53.4. The minimum atomic E-state index is -1.72. The highest BCUT2D eigenvalue weighted by Crippen LogP contribution is 2.76. The third-order valence-corrected chi connectivity index (χ3v) is 19.0. The molecule has 0 aromatic carbocycles. The van der Waals surface area contributed by atoms with Gasteiger partial charge in [0.2, 0.25) is 0 Å². The summed E-state index contributed by atoms with van der Waals surface area (Å²) in [5.41, 5.74) is -3.96. The van der Waals surface area contributed by atoms with Crippen molar-refractivity contribution in [3.8, 4) is 0 Å². The molecule has 388 valence electrons. The topological polar surface area (TPSA) is 309 Å². The van der Waals surface area contributed by atoms with Crippen molar-refractivity contribution in [3.63, 3.8) is 0 Å². The van der Waals surface area contributed by atoms with Crippen LogP contribution in [0.25, 0.3) is 0 Å². The second-order valence-electron chi connectivity index (χ2n) is 23.8. The molecule has 18 heteroatoms. The molecule has 2 aliphatic heterocycles. The summed E-state index contributed by atoms with van der Waals surface area (Å²) in [5.74, 6) is -2.16. The van der Waals surface area contributed by atoms with E-state index in [-0.39, 0.29) is 29.9 Å². The molecule has 0 amide bonds. The van der Waals surface area contributed by atoms with Gasteiger partial charge in [0.25, 0.3) is 0 Å². The molecule has 2 heterocycles. The lowest BCUT2D eigenvalue weighted by molar-refractivity contribution is -0.340. The maximum absolute atomic E-state index is 12.8. The zero-order valence-corrected chi connectivity index (χ0v) is 40.8. The molecule has 18 nitrogen and oxygen atoms in total. The average molecular weight is 961 g/mol. The molecule has 0 radical (unpaired) electrons. The Balaban J connectivity index is 1.28. The molecule has 7 aliphatic rings. The Morgan fingerprint density at radius 2 is 1.36 bits per heavy atom. The lowest BCUT2D eigenvalue weighted by Gasteiger charge is -2.72. The van der Waals surface area contributed by atoms with Crippen molar-refractivity contribution in [2.45, 2.75) is 223 Å². The van der Waals surface area contributed by atoms with E-state index in [1.54, 1.807) is 13.0 Å². The number of hydrogen-bond acceptors (Lipinski definition) is 18. The van der Waals surface area contributed by atoms with Crippen molar-refractivity contribution in [1.29, 1.82) is 0 Å². The molecular formula is C49H84O18. The van der Waals surface area contributed by atoms with E-state index in [1.807, 2.05) is 27.7 Å². The molecular weight excluding hydrogens is 877 g/mol. The molecule has 5 saturated carbocycles. The first-order valence-electron chi connectivity index (χ1n) is 24.8. The summed E-state index contributed by atoms with van der Waals surface area (Å²) in [7, 11) is 0. The molecule has 0 spiro atoms. The van der Waals surface area contributed by atoms with Gasteiger partial charge < -0.3 is 90.1 Å². The van der Waals surface area contributed by atoms with Crippen LogP contribution in [0.2, 0.25) is 0 Å². The Hall–Kier alpha value is -1.14. The van der Waals surface area contributed by atoms with Crippen LogP contribution in [0.1, 0.15) is 114 Å². The minimum absolute atomic E-state index is 0.0265. The lowest BCUT2D eigenvalue weighted by atomic mass is 9.34. The Labute approximate surface area is 394 Å². The number of ether oxygens (including phenoxy) is 5. The fraction of sp³-hybridized carbons (Fsp3) is 0.959. The number of hydrogen-bond donors (Lipinski definition) is 13. The van der Waals surface area contributed by atoms with E-state index in [9.17, 15) is 66.4 Å². The fourth-order valence-electron chi connectivity index (χ4n) is 15.4. The molecule has 67 heavy (non-hydrogen) atoms. The maximum Gasteiger partial charge on any atom is 0.187 e. The van der Waals surface area contributed by atoms with Crippen LogP contribution in [0.3, 0.4) is 0 Å². The van der Waals surface area contributed by atoms with Crippen LogP contribution in [0.5, 0.6) is 0 Å². The van der Waals surface area contributed by atoms with E-state index in [1.165, 1.54) is 6.92 Å². The minimum Gasteiger partial charge on any atom is -0.513 e. The highest BCUT2D eigenvalue weighted by Gasteiger charge is 2.74. The van der Waals surface area contributed by atoms with Crippen LogP contribution < -0.4 is 0 Å². The molecule has 7 fully saturated rings. The summed E-state index contributed by atoms with van der Waals surface area (Å²) < 4.78 is 32.0. The van der Waals surface area contributed by atoms with Gasteiger partial charge in [-0.25, -0.2) is 0 Å². The first kappa shape index (κ1) is 53.7. The standard InChI is InChI=1S/C49H84O18/c1-21(2)14-24(52)17-49(9,67-44-40(62)37(59)35(57)29(20-51)65-44)25-10-13-47(7)32(25)26(53)16-30-46(6)12-11-31(54)45(4,5)42(46)28(18-48(30,47)8)64-27-15-23(19-50)34(56)38(60)41(27)66-43-39(61)36(58)33(55)22(3)63-43/h17,21-23,25-44,50-62H,10-16,18-20H2,1-9H3/b24-17+/t22-,23+,25+,26-,27+,28-,29+,30+,31+,32+,33-,34+,35+,36+,37-,38-,39+,40+,41-,42+,43-,44-,46-,47+,48+,49-/m0/s1. The second-order valence-corrected chi connectivity index (χ2v) is 23.8. The Kier molecular flexibility index (Phi) is 15.5. The van der Waals surface area contributed by atoms with E-state index >= 15 is 0 Å². The Morgan fingerprint density at radius 1 is 0.716 bits per heavy atom. The molecule has 0 bridgehead atoms. The van der Waals surface area contributed by atoms with Crippen LogP contribution in [-0.4, -0.2) is 189 Å². The molecule has 0 unspecified atom stereocenters. The van der Waals surface area contributed by atoms with Crippen molar-refractivity contribution >= 4 is 0 Å². The van der Waals surface area contributed by atoms with E-state index in [0.717, 1.165) is 0 Å². The predicted octanol–water partition coefficient (Wildman–Crippen LogP) is 0.377. The van der Waals surface area contributed by atoms with Crippen molar-refractivity contribution in [2.75, 3.05) is 13.2 Å².